The number of carbonyl (C=O) groups excluding carboxylic acids is 1. The summed E-state index contributed by atoms with van der Waals surface area (Å²) in [4.78, 5) is 47.3. The maximum absolute atomic E-state index is 12.5. The zero-order valence-electron chi connectivity index (χ0n) is 40.7. The number of carbonyl (C=O) groups is 2. The Bertz CT molecular complexity index is 1170. The van der Waals surface area contributed by atoms with Crippen LogP contribution in [0.5, 0.6) is 0 Å². The van der Waals surface area contributed by atoms with Gasteiger partial charge in [0.2, 0.25) is 0 Å². The van der Waals surface area contributed by atoms with E-state index >= 15 is 0 Å². The van der Waals surface area contributed by atoms with E-state index < -0.39 is 10.9 Å². The number of carboxylic acid groups (broad SMARTS) is 1. The predicted molar refractivity (Wildman–Crippen MR) is 262 cm³/mol. The minimum absolute atomic E-state index is 0.00987. The first kappa shape index (κ1) is 58.6. The molecule has 1 aromatic rings. The lowest BCUT2D eigenvalue weighted by atomic mass is 9.89. The maximum atomic E-state index is 12.5. The monoisotopic (exact) mass is 862 g/mol. The van der Waals surface area contributed by atoms with E-state index in [0.29, 0.717) is 24.3 Å². The molecule has 0 aliphatic rings. The predicted octanol–water partition coefficient (Wildman–Crippen LogP) is 14.0. The number of unbranched alkanes of at least 4 members (excludes halogenated alkanes) is 23. The highest BCUT2D eigenvalue weighted by Crippen LogP contribution is 2.25. The molecule has 0 aliphatic carbocycles. The number of esters is 1. The molecular formula is C52H99N3O6. The molecular weight excluding hydrogens is 763 g/mol. The van der Waals surface area contributed by atoms with Gasteiger partial charge in [-0.3, -0.25) is 19.2 Å². The second-order valence-electron chi connectivity index (χ2n) is 18.0. The smallest absolute Gasteiger partial charge is 0.306 e. The molecule has 9 nitrogen and oxygen atoms in total. The summed E-state index contributed by atoms with van der Waals surface area (Å²) in [6, 6.07) is 0. The summed E-state index contributed by atoms with van der Waals surface area (Å²) < 4.78 is 5.82. The highest BCUT2D eigenvalue weighted by atomic mass is 16.5. The zero-order chi connectivity index (χ0) is 45.0. The molecule has 1 unspecified atom stereocenters. The molecule has 0 spiro atoms. The molecule has 0 saturated heterocycles. The molecule has 61 heavy (non-hydrogen) atoms. The van der Waals surface area contributed by atoms with Gasteiger partial charge in [0.05, 0.1) is 0 Å². The third kappa shape index (κ3) is 33.8. The minimum Gasteiger partial charge on any atom is -0.483 e. The lowest BCUT2D eigenvalue weighted by Crippen LogP contribution is -2.37. The van der Waals surface area contributed by atoms with Gasteiger partial charge in [-0.05, 0) is 70.5 Å². The van der Waals surface area contributed by atoms with Crippen LogP contribution < -0.4 is 21.5 Å². The van der Waals surface area contributed by atoms with E-state index in [-0.39, 0.29) is 18.5 Å². The number of hydrogen-bond donors (Lipinski definition) is 3. The number of anilines is 2. The van der Waals surface area contributed by atoms with Crippen molar-refractivity contribution in [3.05, 3.63) is 20.4 Å². The van der Waals surface area contributed by atoms with E-state index in [1.165, 1.54) is 173 Å². The van der Waals surface area contributed by atoms with Gasteiger partial charge in [-0.1, -0.05) is 201 Å². The van der Waals surface area contributed by atoms with E-state index in [4.69, 9.17) is 14.6 Å². The lowest BCUT2D eigenvalue weighted by Gasteiger charge is -2.23. The molecule has 1 rings (SSSR count). The Morgan fingerprint density at radius 2 is 0.934 bits per heavy atom. The van der Waals surface area contributed by atoms with Gasteiger partial charge in [-0.2, -0.15) is 0 Å². The fraction of sp³-hybridized carbons (Fsp3) is 0.885. The SMILES string of the molecule is CCCCCCCCC(CCCCCCCC)CCCCCCCN(CCCCCCCC(=O)OC(CC)CCCCCCCC)CCCNc1c(NC)c(=O)c1=O.O=CO. The first-order chi connectivity index (χ1) is 29.8. The van der Waals surface area contributed by atoms with Crippen molar-refractivity contribution < 1.29 is 19.4 Å². The van der Waals surface area contributed by atoms with Crippen LogP contribution in [0, 0.1) is 5.92 Å². The molecule has 0 aliphatic heterocycles. The molecule has 0 radical (unpaired) electrons. The van der Waals surface area contributed by atoms with Crippen molar-refractivity contribution in [1.29, 1.82) is 0 Å². The van der Waals surface area contributed by atoms with Crippen molar-refractivity contribution >= 4 is 23.8 Å². The summed E-state index contributed by atoms with van der Waals surface area (Å²) in [5, 5.41) is 13.0. The topological polar surface area (TPSA) is 125 Å². The van der Waals surface area contributed by atoms with Gasteiger partial charge in [-0.25, -0.2) is 0 Å². The van der Waals surface area contributed by atoms with Gasteiger partial charge in [0, 0.05) is 20.0 Å². The quantitative estimate of drug-likeness (QED) is 0.0254. The number of ether oxygens (including phenoxy) is 1. The summed E-state index contributed by atoms with van der Waals surface area (Å²) in [6.07, 6.45) is 44.6. The maximum Gasteiger partial charge on any atom is 0.306 e. The van der Waals surface area contributed by atoms with Crippen LogP contribution in [-0.2, 0) is 14.3 Å². The van der Waals surface area contributed by atoms with Crippen molar-refractivity contribution in [3.63, 3.8) is 0 Å². The van der Waals surface area contributed by atoms with Gasteiger partial charge in [0.15, 0.2) is 0 Å². The molecule has 0 bridgehead atoms. The molecule has 1 atom stereocenters. The third-order valence-electron chi connectivity index (χ3n) is 12.6. The van der Waals surface area contributed by atoms with E-state index in [9.17, 15) is 14.4 Å². The van der Waals surface area contributed by atoms with Crippen molar-refractivity contribution in [2.24, 2.45) is 5.92 Å². The normalized spacial score (nSPS) is 11.9. The Morgan fingerprint density at radius 3 is 1.38 bits per heavy atom. The summed E-state index contributed by atoms with van der Waals surface area (Å²) in [6.45, 7) is 12.7. The Labute approximate surface area is 375 Å². The van der Waals surface area contributed by atoms with Gasteiger partial charge < -0.3 is 25.4 Å². The van der Waals surface area contributed by atoms with Crippen molar-refractivity contribution in [2.75, 3.05) is 43.9 Å². The number of nitrogens with zero attached hydrogens (tertiary/aromatic N) is 1. The summed E-state index contributed by atoms with van der Waals surface area (Å²) in [5.41, 5.74) is 0.0593. The van der Waals surface area contributed by atoms with E-state index in [1.54, 1.807) is 7.05 Å². The number of rotatable bonds is 45. The van der Waals surface area contributed by atoms with Gasteiger partial charge in [0.1, 0.15) is 17.5 Å². The van der Waals surface area contributed by atoms with Gasteiger partial charge >= 0.3 is 5.97 Å². The minimum atomic E-state index is -0.414. The average Bonchev–Trinajstić information content (AvgIpc) is 3.26. The molecule has 0 amide bonds. The van der Waals surface area contributed by atoms with Gasteiger partial charge in [0.25, 0.3) is 17.3 Å². The fourth-order valence-electron chi connectivity index (χ4n) is 8.69. The second kappa shape index (κ2) is 44.2. The Balaban J connectivity index is 0.0000116. The Morgan fingerprint density at radius 1 is 0.557 bits per heavy atom. The number of hydrogen-bond acceptors (Lipinski definition) is 8. The molecule has 0 aromatic heterocycles. The molecule has 358 valence electrons. The summed E-state index contributed by atoms with van der Waals surface area (Å²) in [5.74, 6) is 0.932. The van der Waals surface area contributed by atoms with Crippen LogP contribution >= 0.6 is 0 Å². The fourth-order valence-corrected chi connectivity index (χ4v) is 8.69. The van der Waals surface area contributed by atoms with Crippen LogP contribution in [0.3, 0.4) is 0 Å². The standard InChI is InChI=1S/C51H97N3O4.CH2O2/c1-6-10-13-16-21-28-36-45(37-29-22-17-14-11-7-2)38-30-23-19-26-33-42-54(44-35-41-53-49-48(52-5)50(56)51(49)57)43-34-27-20-25-32-40-47(55)58-46(9-4)39-31-24-18-15-12-8-3;2-1-3/h45-46,52-53H,6-44H2,1-5H3;1H,(H,2,3). The van der Waals surface area contributed by atoms with Gasteiger partial charge in [-0.15, -0.1) is 0 Å². The third-order valence-corrected chi connectivity index (χ3v) is 12.6. The Kier molecular flexibility index (Phi) is 42.4. The molecule has 0 heterocycles. The molecule has 3 N–H and O–H groups in total. The number of nitrogens with one attached hydrogen (secondary N) is 2. The van der Waals surface area contributed by atoms with Crippen LogP contribution in [-0.4, -0.2) is 61.8 Å². The highest BCUT2D eigenvalue weighted by molar-refractivity contribution is 5.73. The first-order valence-electron chi connectivity index (χ1n) is 26.1. The van der Waals surface area contributed by atoms with Crippen molar-refractivity contribution in [1.82, 2.24) is 4.90 Å². The highest BCUT2D eigenvalue weighted by Gasteiger charge is 2.19. The molecule has 0 saturated carbocycles. The van der Waals surface area contributed by atoms with Crippen LogP contribution in [0.25, 0.3) is 0 Å². The summed E-state index contributed by atoms with van der Waals surface area (Å²) >= 11 is 0. The van der Waals surface area contributed by atoms with Crippen molar-refractivity contribution in [3.8, 4) is 0 Å². The first-order valence-corrected chi connectivity index (χ1v) is 26.1. The van der Waals surface area contributed by atoms with E-state index in [0.717, 1.165) is 70.5 Å². The van der Waals surface area contributed by atoms with Crippen LogP contribution in [0.1, 0.15) is 252 Å². The zero-order valence-corrected chi connectivity index (χ0v) is 40.7. The molecule has 9 heteroatoms. The molecule has 0 fully saturated rings. The Hall–Kier alpha value is -2.42. The lowest BCUT2D eigenvalue weighted by molar-refractivity contribution is -0.149. The van der Waals surface area contributed by atoms with Crippen LogP contribution in [0.4, 0.5) is 11.4 Å². The summed E-state index contributed by atoms with van der Waals surface area (Å²) in [7, 11) is 1.69. The van der Waals surface area contributed by atoms with Crippen LogP contribution in [0.2, 0.25) is 0 Å². The van der Waals surface area contributed by atoms with E-state index in [2.05, 4.69) is 43.2 Å². The average molecular weight is 862 g/mol. The largest absolute Gasteiger partial charge is 0.483 e. The van der Waals surface area contributed by atoms with Crippen LogP contribution in [0.15, 0.2) is 9.59 Å². The second-order valence-corrected chi connectivity index (χ2v) is 18.0. The van der Waals surface area contributed by atoms with E-state index in [1.807, 2.05) is 0 Å². The van der Waals surface area contributed by atoms with Crippen molar-refractivity contribution in [2.45, 2.75) is 259 Å². The molecule has 1 aromatic carbocycles.